The third kappa shape index (κ3) is 3.90. The first-order chi connectivity index (χ1) is 9.72. The summed E-state index contributed by atoms with van der Waals surface area (Å²) >= 11 is 0. The van der Waals surface area contributed by atoms with Crippen LogP contribution in [0.2, 0.25) is 0 Å². The smallest absolute Gasteiger partial charge is 0.171 e. The molecule has 0 radical (unpaired) electrons. The van der Waals surface area contributed by atoms with E-state index in [4.69, 9.17) is 9.47 Å². The molecule has 0 unspecified atom stereocenters. The molecule has 0 spiro atoms. The van der Waals surface area contributed by atoms with Gasteiger partial charge in [0.2, 0.25) is 0 Å². The van der Waals surface area contributed by atoms with Gasteiger partial charge in [-0.1, -0.05) is 0 Å². The summed E-state index contributed by atoms with van der Waals surface area (Å²) in [7, 11) is 0. The molecule has 1 aliphatic heterocycles. The Kier molecular flexibility index (Phi) is 5.73. The van der Waals surface area contributed by atoms with E-state index in [-0.39, 0.29) is 11.3 Å². The van der Waals surface area contributed by atoms with Crippen LogP contribution in [0.4, 0.5) is 8.78 Å². The van der Waals surface area contributed by atoms with Crippen molar-refractivity contribution in [1.82, 2.24) is 4.90 Å². The fourth-order valence-corrected chi connectivity index (χ4v) is 2.38. The van der Waals surface area contributed by atoms with Gasteiger partial charge in [-0.2, -0.15) is 0 Å². The van der Waals surface area contributed by atoms with Crippen molar-refractivity contribution in [1.29, 1.82) is 0 Å². The summed E-state index contributed by atoms with van der Waals surface area (Å²) in [6.45, 7) is 6.25. The second kappa shape index (κ2) is 7.55. The van der Waals surface area contributed by atoms with Crippen LogP contribution in [-0.4, -0.2) is 44.4 Å². The summed E-state index contributed by atoms with van der Waals surface area (Å²) in [6, 6.07) is 2.62. The van der Waals surface area contributed by atoms with Gasteiger partial charge in [-0.15, -0.1) is 0 Å². The predicted molar refractivity (Wildman–Crippen MR) is 73.1 cm³/mol. The molecular weight excluding hydrogens is 264 g/mol. The lowest BCUT2D eigenvalue weighted by Gasteiger charge is -2.26. The Morgan fingerprint density at radius 3 is 2.70 bits per heavy atom. The number of hydrogen-bond donors (Lipinski definition) is 0. The monoisotopic (exact) mass is 285 g/mol. The van der Waals surface area contributed by atoms with E-state index >= 15 is 0 Å². The summed E-state index contributed by atoms with van der Waals surface area (Å²) in [5.41, 5.74) is 0.129. The molecule has 1 aromatic rings. The summed E-state index contributed by atoms with van der Waals surface area (Å²) in [6.07, 6.45) is 1.11. The summed E-state index contributed by atoms with van der Waals surface area (Å²) < 4.78 is 38.2. The number of benzene rings is 1. The fraction of sp³-hybridized carbons (Fsp3) is 0.600. The third-order valence-corrected chi connectivity index (χ3v) is 3.46. The Balaban J connectivity index is 1.92. The van der Waals surface area contributed by atoms with E-state index in [1.165, 1.54) is 12.1 Å². The lowest BCUT2D eigenvalue weighted by molar-refractivity contribution is 0.0374. The molecule has 0 atom stereocenters. The quantitative estimate of drug-likeness (QED) is 0.802. The average molecular weight is 285 g/mol. The first-order valence-corrected chi connectivity index (χ1v) is 7.12. The van der Waals surface area contributed by atoms with Crippen LogP contribution in [-0.2, 0) is 11.2 Å². The van der Waals surface area contributed by atoms with E-state index < -0.39 is 11.6 Å². The zero-order valence-corrected chi connectivity index (χ0v) is 11.8. The SMILES string of the molecule is CCOc1ccc(F)c(CCCN2CCOCC2)c1F. The predicted octanol–water partition coefficient (Wildman–Crippen LogP) is 2.63. The minimum atomic E-state index is -0.561. The molecule has 1 saturated heterocycles. The molecule has 1 aromatic carbocycles. The molecule has 0 aliphatic carbocycles. The van der Waals surface area contributed by atoms with E-state index in [0.29, 0.717) is 13.0 Å². The average Bonchev–Trinajstić information content (AvgIpc) is 2.47. The molecule has 0 saturated carbocycles. The lowest BCUT2D eigenvalue weighted by Crippen LogP contribution is -2.37. The van der Waals surface area contributed by atoms with Crippen LogP contribution < -0.4 is 4.74 Å². The highest BCUT2D eigenvalue weighted by Crippen LogP contribution is 2.24. The first-order valence-electron chi connectivity index (χ1n) is 7.12. The molecule has 0 bridgehead atoms. The minimum absolute atomic E-state index is 0.129. The Morgan fingerprint density at radius 2 is 2.00 bits per heavy atom. The Labute approximate surface area is 118 Å². The zero-order valence-electron chi connectivity index (χ0n) is 11.8. The van der Waals surface area contributed by atoms with Gasteiger partial charge in [-0.3, -0.25) is 4.90 Å². The first kappa shape index (κ1) is 15.2. The van der Waals surface area contributed by atoms with Gasteiger partial charge in [-0.25, -0.2) is 8.78 Å². The molecule has 112 valence electrons. The largest absolute Gasteiger partial charge is 0.491 e. The van der Waals surface area contributed by atoms with E-state index in [0.717, 1.165) is 39.3 Å². The van der Waals surface area contributed by atoms with Crippen molar-refractivity contribution < 1.29 is 18.3 Å². The molecule has 1 fully saturated rings. The van der Waals surface area contributed by atoms with Crippen LogP contribution in [0, 0.1) is 11.6 Å². The maximum atomic E-state index is 14.1. The Morgan fingerprint density at radius 1 is 1.25 bits per heavy atom. The molecule has 5 heteroatoms. The molecule has 0 amide bonds. The van der Waals surface area contributed by atoms with Gasteiger partial charge in [0, 0.05) is 18.7 Å². The number of ether oxygens (including phenoxy) is 2. The van der Waals surface area contributed by atoms with Crippen LogP contribution in [0.25, 0.3) is 0 Å². The Bertz CT molecular complexity index is 434. The maximum Gasteiger partial charge on any atom is 0.171 e. The lowest BCUT2D eigenvalue weighted by atomic mass is 10.1. The fourth-order valence-electron chi connectivity index (χ4n) is 2.38. The van der Waals surface area contributed by atoms with Crippen molar-refractivity contribution in [2.75, 3.05) is 39.5 Å². The highest BCUT2D eigenvalue weighted by molar-refractivity contribution is 5.32. The molecule has 0 N–H and O–H groups in total. The van der Waals surface area contributed by atoms with E-state index in [9.17, 15) is 8.78 Å². The van der Waals surface area contributed by atoms with Crippen molar-refractivity contribution in [3.63, 3.8) is 0 Å². The molecule has 20 heavy (non-hydrogen) atoms. The van der Waals surface area contributed by atoms with Crippen LogP contribution in [0.5, 0.6) is 5.75 Å². The highest BCUT2D eigenvalue weighted by atomic mass is 19.1. The summed E-state index contributed by atoms with van der Waals surface area (Å²) in [4.78, 5) is 2.26. The van der Waals surface area contributed by atoms with Crippen molar-refractivity contribution >= 4 is 0 Å². The maximum absolute atomic E-state index is 14.1. The van der Waals surface area contributed by atoms with Gasteiger partial charge < -0.3 is 9.47 Å². The van der Waals surface area contributed by atoms with Crippen LogP contribution in [0.3, 0.4) is 0 Å². The van der Waals surface area contributed by atoms with Gasteiger partial charge >= 0.3 is 0 Å². The molecule has 0 aromatic heterocycles. The molecule has 1 aliphatic rings. The molecule has 3 nitrogen and oxygen atoms in total. The second-order valence-electron chi connectivity index (χ2n) is 4.83. The van der Waals surface area contributed by atoms with Gasteiger partial charge in [0.25, 0.3) is 0 Å². The number of halogens is 2. The zero-order chi connectivity index (χ0) is 14.4. The number of rotatable bonds is 6. The van der Waals surface area contributed by atoms with Crippen molar-refractivity contribution in [2.45, 2.75) is 19.8 Å². The van der Waals surface area contributed by atoms with Crippen molar-refractivity contribution in [2.24, 2.45) is 0 Å². The van der Waals surface area contributed by atoms with E-state index in [2.05, 4.69) is 4.90 Å². The van der Waals surface area contributed by atoms with Gasteiger partial charge in [0.05, 0.1) is 19.8 Å². The molecule has 2 rings (SSSR count). The summed E-state index contributed by atoms with van der Waals surface area (Å²) in [5, 5.41) is 0. The minimum Gasteiger partial charge on any atom is -0.491 e. The second-order valence-corrected chi connectivity index (χ2v) is 4.83. The van der Waals surface area contributed by atoms with Crippen molar-refractivity contribution in [3.05, 3.63) is 29.3 Å². The summed E-state index contributed by atoms with van der Waals surface area (Å²) in [5.74, 6) is -0.919. The third-order valence-electron chi connectivity index (χ3n) is 3.46. The topological polar surface area (TPSA) is 21.7 Å². The number of morpholine rings is 1. The van der Waals surface area contributed by atoms with Gasteiger partial charge in [-0.05, 0) is 38.4 Å². The standard InChI is InChI=1S/C15H21F2NO2/c1-2-20-14-6-5-13(16)12(15(14)17)4-3-7-18-8-10-19-11-9-18/h5-6H,2-4,7-11H2,1H3. The van der Waals surface area contributed by atoms with Crippen LogP contribution in [0.15, 0.2) is 12.1 Å². The van der Waals surface area contributed by atoms with E-state index in [1.807, 2.05) is 0 Å². The number of nitrogens with zero attached hydrogens (tertiary/aromatic N) is 1. The molecule has 1 heterocycles. The molecular formula is C15H21F2NO2. The van der Waals surface area contributed by atoms with Crippen LogP contribution >= 0.6 is 0 Å². The van der Waals surface area contributed by atoms with E-state index in [1.54, 1.807) is 6.92 Å². The highest BCUT2D eigenvalue weighted by Gasteiger charge is 2.15. The Hall–Kier alpha value is -1.20. The number of hydrogen-bond acceptors (Lipinski definition) is 3. The normalized spacial score (nSPS) is 16.4. The van der Waals surface area contributed by atoms with Crippen LogP contribution in [0.1, 0.15) is 18.9 Å². The van der Waals surface area contributed by atoms with Crippen molar-refractivity contribution in [3.8, 4) is 5.75 Å². The van der Waals surface area contributed by atoms with Gasteiger partial charge in [0.1, 0.15) is 5.82 Å². The van der Waals surface area contributed by atoms with Gasteiger partial charge in [0.15, 0.2) is 11.6 Å².